The molecule has 0 saturated heterocycles. The molecule has 0 spiro atoms. The van der Waals surface area contributed by atoms with Gasteiger partial charge in [0.05, 0.1) is 5.75 Å². The molecule has 0 fully saturated rings. The molecule has 2 rings (SSSR count). The van der Waals surface area contributed by atoms with E-state index < -0.39 is 9.84 Å². The van der Waals surface area contributed by atoms with E-state index in [1.54, 1.807) is 6.92 Å². The van der Waals surface area contributed by atoms with Gasteiger partial charge in [0.1, 0.15) is 11.3 Å². The molecule has 4 nitrogen and oxygen atoms in total. The second kappa shape index (κ2) is 5.75. The predicted molar refractivity (Wildman–Crippen MR) is 77.0 cm³/mol. The highest BCUT2D eigenvalue weighted by molar-refractivity contribution is 7.91. The van der Waals surface area contributed by atoms with Crippen LogP contribution in [0.1, 0.15) is 18.2 Å². The lowest BCUT2D eigenvalue weighted by molar-refractivity contribution is 0.566. The average molecular weight is 281 g/mol. The molecule has 1 heterocycles. The van der Waals surface area contributed by atoms with E-state index in [1.165, 1.54) is 0 Å². The minimum Gasteiger partial charge on any atom is -0.461 e. The quantitative estimate of drug-likeness (QED) is 0.825. The van der Waals surface area contributed by atoms with Crippen LogP contribution in [-0.4, -0.2) is 26.5 Å². The highest BCUT2D eigenvalue weighted by Crippen LogP contribution is 2.24. The fourth-order valence-electron chi connectivity index (χ4n) is 2.03. The zero-order chi connectivity index (χ0) is 13.9. The van der Waals surface area contributed by atoms with Crippen molar-refractivity contribution in [2.75, 3.05) is 18.1 Å². The van der Waals surface area contributed by atoms with Crippen LogP contribution in [0.25, 0.3) is 11.0 Å². The van der Waals surface area contributed by atoms with E-state index in [0.717, 1.165) is 22.3 Å². The highest BCUT2D eigenvalue weighted by atomic mass is 32.2. The predicted octanol–water partition coefficient (Wildman–Crippen LogP) is 2.27. The Labute approximate surface area is 113 Å². The van der Waals surface area contributed by atoms with Crippen LogP contribution in [-0.2, 0) is 16.4 Å². The molecule has 104 valence electrons. The first-order valence-corrected chi connectivity index (χ1v) is 8.24. The van der Waals surface area contributed by atoms with Gasteiger partial charge in [-0.15, -0.1) is 0 Å². The summed E-state index contributed by atoms with van der Waals surface area (Å²) in [6.45, 7) is 4.69. The van der Waals surface area contributed by atoms with Crippen molar-refractivity contribution in [1.29, 1.82) is 0 Å². The van der Waals surface area contributed by atoms with Crippen molar-refractivity contribution >= 4 is 20.8 Å². The number of furan rings is 1. The molecule has 1 N–H and O–H groups in total. The first-order valence-electron chi connectivity index (χ1n) is 6.41. The number of fused-ring (bicyclic) bond motifs is 1. The fourth-order valence-corrected chi connectivity index (χ4v) is 2.77. The van der Waals surface area contributed by atoms with E-state index in [2.05, 4.69) is 5.32 Å². The van der Waals surface area contributed by atoms with E-state index in [9.17, 15) is 8.42 Å². The van der Waals surface area contributed by atoms with Gasteiger partial charge in [-0.25, -0.2) is 8.42 Å². The van der Waals surface area contributed by atoms with E-state index in [0.29, 0.717) is 13.1 Å². The van der Waals surface area contributed by atoms with Gasteiger partial charge in [-0.05, 0) is 13.0 Å². The lowest BCUT2D eigenvalue weighted by atomic mass is 10.1. The van der Waals surface area contributed by atoms with Crippen molar-refractivity contribution in [2.45, 2.75) is 20.4 Å². The van der Waals surface area contributed by atoms with Crippen LogP contribution >= 0.6 is 0 Å². The summed E-state index contributed by atoms with van der Waals surface area (Å²) in [5.74, 6) is 1.26. The Morgan fingerprint density at radius 2 is 2.00 bits per heavy atom. The summed E-state index contributed by atoms with van der Waals surface area (Å²) in [6, 6.07) is 7.87. The van der Waals surface area contributed by atoms with E-state index in [-0.39, 0.29) is 11.5 Å². The third-order valence-electron chi connectivity index (χ3n) is 3.23. The van der Waals surface area contributed by atoms with Crippen molar-refractivity contribution in [2.24, 2.45) is 0 Å². The fraction of sp³-hybridized carbons (Fsp3) is 0.429. The van der Waals surface area contributed by atoms with Gasteiger partial charge in [0.25, 0.3) is 0 Å². The van der Waals surface area contributed by atoms with Gasteiger partial charge in [-0.2, -0.15) is 0 Å². The Morgan fingerprint density at radius 1 is 1.26 bits per heavy atom. The van der Waals surface area contributed by atoms with Crippen LogP contribution in [0.3, 0.4) is 0 Å². The first kappa shape index (κ1) is 14.1. The van der Waals surface area contributed by atoms with Gasteiger partial charge >= 0.3 is 0 Å². The van der Waals surface area contributed by atoms with Crippen molar-refractivity contribution < 1.29 is 12.8 Å². The number of hydrogen-bond acceptors (Lipinski definition) is 4. The Morgan fingerprint density at radius 3 is 2.74 bits per heavy atom. The Hall–Kier alpha value is -1.33. The zero-order valence-electron chi connectivity index (χ0n) is 11.3. The summed E-state index contributed by atoms with van der Waals surface area (Å²) in [5, 5.41) is 4.26. The minimum absolute atomic E-state index is 0.179. The molecule has 0 aliphatic carbocycles. The lowest BCUT2D eigenvalue weighted by Gasteiger charge is -2.04. The molecule has 0 radical (unpaired) electrons. The van der Waals surface area contributed by atoms with E-state index >= 15 is 0 Å². The van der Waals surface area contributed by atoms with Crippen LogP contribution in [0.5, 0.6) is 0 Å². The molecule has 0 saturated carbocycles. The first-order chi connectivity index (χ1) is 9.03. The summed E-state index contributed by atoms with van der Waals surface area (Å²) < 4.78 is 28.4. The monoisotopic (exact) mass is 281 g/mol. The topological polar surface area (TPSA) is 59.3 Å². The smallest absolute Gasteiger partial charge is 0.151 e. The minimum atomic E-state index is -2.90. The molecule has 0 aliphatic rings. The number of aryl methyl sites for hydroxylation is 1. The maximum absolute atomic E-state index is 11.4. The molecule has 0 amide bonds. The van der Waals surface area contributed by atoms with Gasteiger partial charge in [-0.3, -0.25) is 0 Å². The number of sulfone groups is 1. The second-order valence-electron chi connectivity index (χ2n) is 4.55. The van der Waals surface area contributed by atoms with Gasteiger partial charge in [-0.1, -0.05) is 25.1 Å². The molecule has 0 aliphatic heterocycles. The van der Waals surface area contributed by atoms with E-state index in [1.807, 2.05) is 31.2 Å². The van der Waals surface area contributed by atoms with Gasteiger partial charge in [0.15, 0.2) is 9.84 Å². The number of hydrogen-bond donors (Lipinski definition) is 1. The van der Waals surface area contributed by atoms with Gasteiger partial charge in [0.2, 0.25) is 0 Å². The standard InChI is InChI=1S/C14H19NO3S/c1-3-19(16,17)9-8-15-10-13-11(2)18-14-7-5-4-6-12(13)14/h4-7,15H,3,8-10H2,1-2H3. The average Bonchev–Trinajstić information content (AvgIpc) is 2.71. The maximum atomic E-state index is 11.4. The number of para-hydroxylation sites is 1. The Bertz CT molecular complexity index is 658. The number of benzene rings is 1. The van der Waals surface area contributed by atoms with Crippen LogP contribution in [0.4, 0.5) is 0 Å². The molecule has 0 atom stereocenters. The number of rotatable bonds is 6. The summed E-state index contributed by atoms with van der Waals surface area (Å²) in [5.41, 5.74) is 1.97. The molecular formula is C14H19NO3S. The molecule has 1 aromatic carbocycles. The van der Waals surface area contributed by atoms with Crippen LogP contribution < -0.4 is 5.32 Å². The van der Waals surface area contributed by atoms with Crippen molar-refractivity contribution in [3.05, 3.63) is 35.6 Å². The van der Waals surface area contributed by atoms with Crippen molar-refractivity contribution in [1.82, 2.24) is 5.32 Å². The molecule has 1 aromatic heterocycles. The summed E-state index contributed by atoms with van der Waals surface area (Å²) in [6.07, 6.45) is 0. The normalized spacial score (nSPS) is 12.1. The maximum Gasteiger partial charge on any atom is 0.151 e. The molecule has 19 heavy (non-hydrogen) atoms. The highest BCUT2D eigenvalue weighted by Gasteiger charge is 2.11. The molecular weight excluding hydrogens is 262 g/mol. The molecule has 0 unspecified atom stereocenters. The SMILES string of the molecule is CCS(=O)(=O)CCNCc1c(C)oc2ccccc12. The third-order valence-corrected chi connectivity index (χ3v) is 4.94. The largest absolute Gasteiger partial charge is 0.461 e. The molecule has 5 heteroatoms. The van der Waals surface area contributed by atoms with Crippen LogP contribution in [0.2, 0.25) is 0 Å². The van der Waals surface area contributed by atoms with Crippen LogP contribution in [0.15, 0.2) is 28.7 Å². The summed E-state index contributed by atoms with van der Waals surface area (Å²) >= 11 is 0. The molecule has 2 aromatic rings. The van der Waals surface area contributed by atoms with E-state index in [4.69, 9.17) is 4.42 Å². The summed E-state index contributed by atoms with van der Waals surface area (Å²) in [7, 11) is -2.90. The third kappa shape index (κ3) is 3.36. The van der Waals surface area contributed by atoms with Crippen molar-refractivity contribution in [3.63, 3.8) is 0 Å². The summed E-state index contributed by atoms with van der Waals surface area (Å²) in [4.78, 5) is 0. The van der Waals surface area contributed by atoms with Gasteiger partial charge < -0.3 is 9.73 Å². The lowest BCUT2D eigenvalue weighted by Crippen LogP contribution is -2.23. The second-order valence-corrected chi connectivity index (χ2v) is 7.02. The Balaban J connectivity index is 2.01. The zero-order valence-corrected chi connectivity index (χ0v) is 12.1. The number of nitrogens with one attached hydrogen (secondary N) is 1. The van der Waals surface area contributed by atoms with Gasteiger partial charge in [0, 0.05) is 29.8 Å². The molecule has 0 bridgehead atoms. The van der Waals surface area contributed by atoms with Crippen LogP contribution in [0, 0.1) is 6.92 Å². The Kier molecular flexibility index (Phi) is 4.27. The van der Waals surface area contributed by atoms with Crippen molar-refractivity contribution in [3.8, 4) is 0 Å².